The number of carbonyl (C=O) groups is 1. The Hall–Kier alpha value is -2.40. The molecule has 6 heteroatoms. The minimum absolute atomic E-state index is 0.0902. The molecule has 0 spiro atoms. The smallest absolute Gasteiger partial charge is 0.253 e. The fourth-order valence-corrected chi connectivity index (χ4v) is 2.32. The van der Waals surface area contributed by atoms with Gasteiger partial charge in [0.1, 0.15) is 5.82 Å². The fourth-order valence-electron chi connectivity index (χ4n) is 2.07. The van der Waals surface area contributed by atoms with E-state index in [-0.39, 0.29) is 16.5 Å². The van der Waals surface area contributed by atoms with Crippen molar-refractivity contribution >= 4 is 23.0 Å². The fraction of sp³-hybridized carbons (Fsp3) is 0.0667. The summed E-state index contributed by atoms with van der Waals surface area (Å²) in [5, 5.41) is 7.03. The molecule has 0 aliphatic heterocycles. The normalized spacial score (nSPS) is 10.8. The van der Waals surface area contributed by atoms with Crippen molar-refractivity contribution in [3.63, 3.8) is 0 Å². The first kappa shape index (κ1) is 13.6. The van der Waals surface area contributed by atoms with E-state index in [1.165, 1.54) is 12.1 Å². The Balaban J connectivity index is 1.77. The number of hydrogen-bond acceptors (Lipinski definition) is 2. The summed E-state index contributed by atoms with van der Waals surface area (Å²) >= 11 is 5.86. The highest BCUT2D eigenvalue weighted by molar-refractivity contribution is 6.33. The Morgan fingerprint density at radius 2 is 2.19 bits per heavy atom. The second-order valence-corrected chi connectivity index (χ2v) is 4.91. The van der Waals surface area contributed by atoms with E-state index in [9.17, 15) is 9.18 Å². The monoisotopic (exact) mass is 303 g/mol. The largest absolute Gasteiger partial charge is 0.348 e. The molecular formula is C15H11ClFN3O. The Morgan fingerprint density at radius 1 is 1.33 bits per heavy atom. The van der Waals surface area contributed by atoms with Gasteiger partial charge in [-0.3, -0.25) is 4.79 Å². The van der Waals surface area contributed by atoms with Gasteiger partial charge >= 0.3 is 0 Å². The highest BCUT2D eigenvalue weighted by Gasteiger charge is 2.12. The van der Waals surface area contributed by atoms with Gasteiger partial charge in [-0.25, -0.2) is 8.91 Å². The number of nitrogens with one attached hydrogen (secondary N) is 1. The first-order chi connectivity index (χ1) is 10.1. The van der Waals surface area contributed by atoms with Gasteiger partial charge in [-0.15, -0.1) is 0 Å². The van der Waals surface area contributed by atoms with Gasteiger partial charge in [0.15, 0.2) is 0 Å². The molecule has 0 unspecified atom stereocenters. The van der Waals surface area contributed by atoms with Crippen LogP contribution in [0.15, 0.2) is 48.8 Å². The summed E-state index contributed by atoms with van der Waals surface area (Å²) in [4.78, 5) is 12.1. The number of nitrogens with zero attached hydrogens (tertiary/aromatic N) is 2. The van der Waals surface area contributed by atoms with E-state index in [0.29, 0.717) is 6.54 Å². The maximum atomic E-state index is 13.0. The topological polar surface area (TPSA) is 46.4 Å². The van der Waals surface area contributed by atoms with Crippen LogP contribution in [0.3, 0.4) is 0 Å². The average Bonchev–Trinajstić information content (AvgIpc) is 2.88. The van der Waals surface area contributed by atoms with Crippen molar-refractivity contribution in [2.45, 2.75) is 6.54 Å². The molecular weight excluding hydrogens is 293 g/mol. The zero-order valence-corrected chi connectivity index (χ0v) is 11.6. The van der Waals surface area contributed by atoms with Gasteiger partial charge in [-0.1, -0.05) is 17.7 Å². The van der Waals surface area contributed by atoms with Gasteiger partial charge in [-0.2, -0.15) is 5.10 Å². The molecule has 0 atom stereocenters. The van der Waals surface area contributed by atoms with Crippen LogP contribution in [0.4, 0.5) is 4.39 Å². The molecule has 3 rings (SSSR count). The van der Waals surface area contributed by atoms with Gasteiger partial charge < -0.3 is 5.32 Å². The van der Waals surface area contributed by atoms with E-state index in [2.05, 4.69) is 10.4 Å². The zero-order valence-electron chi connectivity index (χ0n) is 10.9. The van der Waals surface area contributed by atoms with Crippen molar-refractivity contribution in [3.8, 4) is 0 Å². The number of halogens is 2. The second kappa shape index (κ2) is 5.54. The summed E-state index contributed by atoms with van der Waals surface area (Å²) in [5.41, 5.74) is 2.06. The lowest BCUT2D eigenvalue weighted by Gasteiger charge is -2.06. The molecule has 0 radical (unpaired) electrons. The van der Waals surface area contributed by atoms with Crippen molar-refractivity contribution in [2.24, 2.45) is 0 Å². The van der Waals surface area contributed by atoms with Crippen LogP contribution >= 0.6 is 11.6 Å². The molecule has 0 saturated heterocycles. The SMILES string of the molecule is O=C(NCc1cnn2ccccc12)c1ccc(F)cc1Cl. The lowest BCUT2D eigenvalue weighted by molar-refractivity contribution is 0.0951. The standard InChI is InChI=1S/C15H11ClFN3O/c16-13-7-11(17)4-5-12(13)15(21)18-8-10-9-19-20-6-2-1-3-14(10)20/h1-7,9H,8H2,(H,18,21). The third-order valence-corrected chi connectivity index (χ3v) is 3.43. The van der Waals surface area contributed by atoms with Gasteiger partial charge in [0.05, 0.1) is 22.3 Å². The number of amides is 1. The molecule has 21 heavy (non-hydrogen) atoms. The van der Waals surface area contributed by atoms with Crippen LogP contribution in [0.1, 0.15) is 15.9 Å². The van der Waals surface area contributed by atoms with Crippen molar-refractivity contribution < 1.29 is 9.18 Å². The maximum absolute atomic E-state index is 13.0. The second-order valence-electron chi connectivity index (χ2n) is 4.51. The first-order valence-corrected chi connectivity index (χ1v) is 6.67. The average molecular weight is 304 g/mol. The summed E-state index contributed by atoms with van der Waals surface area (Å²) in [7, 11) is 0. The number of carbonyl (C=O) groups excluding carboxylic acids is 1. The molecule has 0 fully saturated rings. The van der Waals surface area contributed by atoms with E-state index in [1.54, 1.807) is 10.7 Å². The molecule has 1 N–H and O–H groups in total. The van der Waals surface area contributed by atoms with E-state index < -0.39 is 5.82 Å². The third-order valence-electron chi connectivity index (χ3n) is 3.12. The van der Waals surface area contributed by atoms with Crippen LogP contribution in [-0.4, -0.2) is 15.5 Å². The molecule has 0 aliphatic rings. The molecule has 0 aliphatic carbocycles. The number of hydrogen-bond donors (Lipinski definition) is 1. The lowest BCUT2D eigenvalue weighted by Crippen LogP contribution is -2.23. The van der Waals surface area contributed by atoms with Crippen LogP contribution in [0.5, 0.6) is 0 Å². The van der Waals surface area contributed by atoms with Crippen LogP contribution in [0, 0.1) is 5.82 Å². The van der Waals surface area contributed by atoms with Crippen molar-refractivity contribution in [1.82, 2.24) is 14.9 Å². The summed E-state index contributed by atoms with van der Waals surface area (Å²) in [5.74, 6) is -0.825. The maximum Gasteiger partial charge on any atom is 0.253 e. The molecule has 0 saturated carbocycles. The first-order valence-electron chi connectivity index (χ1n) is 6.29. The van der Waals surface area contributed by atoms with Crippen LogP contribution in [-0.2, 0) is 6.54 Å². The molecule has 3 aromatic rings. The van der Waals surface area contributed by atoms with Crippen LogP contribution in [0.25, 0.3) is 5.52 Å². The van der Waals surface area contributed by atoms with Gasteiger partial charge in [-0.05, 0) is 30.3 Å². The summed E-state index contributed by atoms with van der Waals surface area (Å²) in [6.07, 6.45) is 3.53. The Kier molecular flexibility index (Phi) is 3.58. The molecule has 1 aromatic carbocycles. The third kappa shape index (κ3) is 2.73. The van der Waals surface area contributed by atoms with Gasteiger partial charge in [0.2, 0.25) is 0 Å². The number of benzene rings is 1. The quantitative estimate of drug-likeness (QED) is 0.808. The predicted octanol–water partition coefficient (Wildman–Crippen LogP) is 3.06. The van der Waals surface area contributed by atoms with Crippen LogP contribution in [0.2, 0.25) is 5.02 Å². The van der Waals surface area contributed by atoms with E-state index in [4.69, 9.17) is 11.6 Å². The summed E-state index contributed by atoms with van der Waals surface area (Å²) < 4.78 is 14.7. The number of rotatable bonds is 3. The minimum atomic E-state index is -0.473. The number of fused-ring (bicyclic) bond motifs is 1. The highest BCUT2D eigenvalue weighted by atomic mass is 35.5. The molecule has 2 heterocycles. The zero-order chi connectivity index (χ0) is 14.8. The van der Waals surface area contributed by atoms with Gasteiger partial charge in [0.25, 0.3) is 5.91 Å². The Labute approximate surface area is 125 Å². The number of aromatic nitrogens is 2. The molecule has 4 nitrogen and oxygen atoms in total. The highest BCUT2D eigenvalue weighted by Crippen LogP contribution is 2.17. The van der Waals surface area contributed by atoms with Crippen molar-refractivity contribution in [2.75, 3.05) is 0 Å². The van der Waals surface area contributed by atoms with Crippen molar-refractivity contribution in [3.05, 3.63) is 70.8 Å². The minimum Gasteiger partial charge on any atom is -0.348 e. The summed E-state index contributed by atoms with van der Waals surface area (Å²) in [6.45, 7) is 0.319. The Bertz CT molecular complexity index is 816. The van der Waals surface area contributed by atoms with Crippen molar-refractivity contribution in [1.29, 1.82) is 0 Å². The molecule has 2 aromatic heterocycles. The van der Waals surface area contributed by atoms with Crippen LogP contribution < -0.4 is 5.32 Å². The van der Waals surface area contributed by atoms with E-state index in [1.807, 2.05) is 24.4 Å². The molecule has 106 valence electrons. The lowest BCUT2D eigenvalue weighted by atomic mass is 10.2. The Morgan fingerprint density at radius 3 is 3.00 bits per heavy atom. The number of pyridine rings is 1. The van der Waals surface area contributed by atoms with E-state index >= 15 is 0 Å². The summed E-state index contributed by atoms with van der Waals surface area (Å²) in [6, 6.07) is 9.38. The van der Waals surface area contributed by atoms with E-state index in [0.717, 1.165) is 17.1 Å². The van der Waals surface area contributed by atoms with Gasteiger partial charge in [0, 0.05) is 18.3 Å². The molecule has 1 amide bonds. The predicted molar refractivity (Wildman–Crippen MR) is 77.8 cm³/mol. The molecule has 0 bridgehead atoms.